The Balaban J connectivity index is 2.07. The minimum Gasteiger partial charge on any atom is -0.450 e. The van der Waals surface area contributed by atoms with Gasteiger partial charge in [-0.2, -0.15) is 0 Å². The van der Waals surface area contributed by atoms with Gasteiger partial charge in [0.25, 0.3) is 0 Å². The van der Waals surface area contributed by atoms with Crippen LogP contribution in [0.5, 0.6) is 0 Å². The Hall–Kier alpha value is -1.30. The number of likely N-dealkylation sites (tertiary alicyclic amines) is 1. The SMILES string of the molecule is CCOC(=O)N1CCC(NCCC(=O)NCCC(C)C)CC1. The minimum atomic E-state index is -0.217. The molecule has 0 aromatic carbocycles. The molecule has 22 heavy (non-hydrogen) atoms. The van der Waals surface area contributed by atoms with Crippen molar-refractivity contribution in [3.63, 3.8) is 0 Å². The topological polar surface area (TPSA) is 70.7 Å². The van der Waals surface area contributed by atoms with E-state index in [9.17, 15) is 9.59 Å². The second-order valence-corrected chi connectivity index (χ2v) is 6.20. The monoisotopic (exact) mass is 313 g/mol. The number of hydrogen-bond acceptors (Lipinski definition) is 4. The van der Waals surface area contributed by atoms with Crippen LogP contribution in [0.2, 0.25) is 0 Å². The Morgan fingerprint density at radius 2 is 1.91 bits per heavy atom. The summed E-state index contributed by atoms with van der Waals surface area (Å²) in [7, 11) is 0. The molecule has 2 N–H and O–H groups in total. The predicted octanol–water partition coefficient (Wildman–Crippen LogP) is 1.75. The molecule has 2 amide bonds. The number of nitrogens with zero attached hydrogens (tertiary/aromatic N) is 1. The van der Waals surface area contributed by atoms with Gasteiger partial charge < -0.3 is 20.3 Å². The van der Waals surface area contributed by atoms with Crippen molar-refractivity contribution in [2.75, 3.05) is 32.8 Å². The Kier molecular flexibility index (Phi) is 8.89. The number of amides is 2. The number of nitrogens with one attached hydrogen (secondary N) is 2. The number of carbonyl (C=O) groups excluding carboxylic acids is 2. The standard InChI is InChI=1S/C16H31N3O3/c1-4-22-16(21)19-11-7-14(8-12-19)17-10-6-15(20)18-9-5-13(2)3/h13-14,17H,4-12H2,1-3H3,(H,18,20). The average molecular weight is 313 g/mol. The summed E-state index contributed by atoms with van der Waals surface area (Å²) >= 11 is 0. The van der Waals surface area contributed by atoms with Crippen molar-refractivity contribution in [2.24, 2.45) is 5.92 Å². The molecule has 0 radical (unpaired) electrons. The van der Waals surface area contributed by atoms with E-state index in [2.05, 4.69) is 24.5 Å². The normalized spacial score (nSPS) is 15.9. The molecule has 0 saturated carbocycles. The van der Waals surface area contributed by atoms with Crippen molar-refractivity contribution in [1.29, 1.82) is 0 Å². The van der Waals surface area contributed by atoms with E-state index >= 15 is 0 Å². The summed E-state index contributed by atoms with van der Waals surface area (Å²) in [6.07, 6.45) is 3.13. The maximum atomic E-state index is 11.7. The van der Waals surface area contributed by atoms with Crippen molar-refractivity contribution in [1.82, 2.24) is 15.5 Å². The van der Waals surface area contributed by atoms with E-state index in [4.69, 9.17) is 4.74 Å². The molecule has 0 aromatic rings. The van der Waals surface area contributed by atoms with Gasteiger partial charge >= 0.3 is 6.09 Å². The number of rotatable bonds is 8. The van der Waals surface area contributed by atoms with E-state index in [-0.39, 0.29) is 12.0 Å². The summed E-state index contributed by atoms with van der Waals surface area (Å²) in [6.45, 7) is 9.42. The summed E-state index contributed by atoms with van der Waals surface area (Å²) in [5, 5.41) is 6.34. The van der Waals surface area contributed by atoms with E-state index < -0.39 is 0 Å². The minimum absolute atomic E-state index is 0.108. The van der Waals surface area contributed by atoms with Crippen LogP contribution in [0.4, 0.5) is 4.79 Å². The average Bonchev–Trinajstić information content (AvgIpc) is 2.48. The lowest BCUT2D eigenvalue weighted by Crippen LogP contribution is -2.45. The third kappa shape index (κ3) is 7.64. The first-order valence-corrected chi connectivity index (χ1v) is 8.44. The Morgan fingerprint density at radius 1 is 1.23 bits per heavy atom. The van der Waals surface area contributed by atoms with Gasteiger partial charge in [-0.05, 0) is 32.1 Å². The Bertz CT molecular complexity index is 340. The lowest BCUT2D eigenvalue weighted by Gasteiger charge is -2.31. The highest BCUT2D eigenvalue weighted by Crippen LogP contribution is 2.11. The van der Waals surface area contributed by atoms with E-state index in [1.54, 1.807) is 4.90 Å². The van der Waals surface area contributed by atoms with E-state index in [1.807, 2.05) is 6.92 Å². The van der Waals surface area contributed by atoms with Gasteiger partial charge in [-0.1, -0.05) is 13.8 Å². The fourth-order valence-electron chi connectivity index (χ4n) is 2.46. The van der Waals surface area contributed by atoms with Gasteiger partial charge in [0, 0.05) is 38.6 Å². The van der Waals surface area contributed by atoms with Gasteiger partial charge in [-0.15, -0.1) is 0 Å². The number of ether oxygens (including phenoxy) is 1. The maximum Gasteiger partial charge on any atom is 0.409 e. The molecule has 128 valence electrons. The Labute approximate surface area is 134 Å². The summed E-state index contributed by atoms with van der Waals surface area (Å²) in [5.41, 5.74) is 0. The first-order chi connectivity index (χ1) is 10.5. The molecule has 0 unspecified atom stereocenters. The van der Waals surface area contributed by atoms with Crippen molar-refractivity contribution >= 4 is 12.0 Å². The smallest absolute Gasteiger partial charge is 0.409 e. The van der Waals surface area contributed by atoms with Gasteiger partial charge in [0.15, 0.2) is 0 Å². The number of carbonyl (C=O) groups is 2. The quantitative estimate of drug-likeness (QED) is 0.716. The molecular weight excluding hydrogens is 282 g/mol. The van der Waals surface area contributed by atoms with E-state index in [0.717, 1.165) is 38.9 Å². The highest BCUT2D eigenvalue weighted by molar-refractivity contribution is 5.76. The molecule has 0 bridgehead atoms. The fourth-order valence-corrected chi connectivity index (χ4v) is 2.46. The number of piperidine rings is 1. The zero-order valence-electron chi connectivity index (χ0n) is 14.2. The molecule has 1 heterocycles. The van der Waals surface area contributed by atoms with Crippen LogP contribution in [-0.2, 0) is 9.53 Å². The lowest BCUT2D eigenvalue weighted by molar-refractivity contribution is -0.121. The zero-order chi connectivity index (χ0) is 16.4. The Morgan fingerprint density at radius 3 is 2.50 bits per heavy atom. The molecule has 6 nitrogen and oxygen atoms in total. The van der Waals surface area contributed by atoms with Crippen molar-refractivity contribution in [2.45, 2.75) is 52.5 Å². The van der Waals surface area contributed by atoms with Crippen LogP contribution in [0.25, 0.3) is 0 Å². The first kappa shape index (κ1) is 18.7. The van der Waals surface area contributed by atoms with Gasteiger partial charge in [0.2, 0.25) is 5.91 Å². The molecule has 0 aromatic heterocycles. The van der Waals surface area contributed by atoms with Crippen molar-refractivity contribution < 1.29 is 14.3 Å². The van der Waals surface area contributed by atoms with Gasteiger partial charge in [0.05, 0.1) is 6.61 Å². The highest BCUT2D eigenvalue weighted by atomic mass is 16.6. The molecule has 0 spiro atoms. The number of hydrogen-bond donors (Lipinski definition) is 2. The summed E-state index contributed by atoms with van der Waals surface area (Å²) in [6, 6.07) is 0.383. The third-order valence-electron chi connectivity index (χ3n) is 3.85. The second-order valence-electron chi connectivity index (χ2n) is 6.20. The van der Waals surface area contributed by atoms with Gasteiger partial charge in [0.1, 0.15) is 0 Å². The fraction of sp³-hybridized carbons (Fsp3) is 0.875. The molecule has 1 aliphatic heterocycles. The summed E-state index contributed by atoms with van der Waals surface area (Å²) < 4.78 is 5.00. The van der Waals surface area contributed by atoms with Crippen LogP contribution in [0.1, 0.15) is 46.5 Å². The first-order valence-electron chi connectivity index (χ1n) is 8.44. The van der Waals surface area contributed by atoms with Crippen LogP contribution >= 0.6 is 0 Å². The molecule has 1 fully saturated rings. The van der Waals surface area contributed by atoms with Crippen molar-refractivity contribution in [3.8, 4) is 0 Å². The van der Waals surface area contributed by atoms with Crippen LogP contribution in [0, 0.1) is 5.92 Å². The van der Waals surface area contributed by atoms with Crippen LogP contribution < -0.4 is 10.6 Å². The predicted molar refractivity (Wildman–Crippen MR) is 86.7 cm³/mol. The van der Waals surface area contributed by atoms with Gasteiger partial charge in [-0.3, -0.25) is 4.79 Å². The van der Waals surface area contributed by atoms with Gasteiger partial charge in [-0.25, -0.2) is 4.79 Å². The second kappa shape index (κ2) is 10.4. The summed E-state index contributed by atoms with van der Waals surface area (Å²) in [4.78, 5) is 25.0. The molecule has 1 saturated heterocycles. The van der Waals surface area contributed by atoms with Crippen LogP contribution in [-0.4, -0.2) is 55.7 Å². The molecule has 6 heteroatoms. The molecular formula is C16H31N3O3. The van der Waals surface area contributed by atoms with E-state index in [0.29, 0.717) is 31.5 Å². The largest absolute Gasteiger partial charge is 0.450 e. The summed E-state index contributed by atoms with van der Waals surface area (Å²) in [5.74, 6) is 0.722. The lowest BCUT2D eigenvalue weighted by atomic mass is 10.1. The molecule has 1 rings (SSSR count). The van der Waals surface area contributed by atoms with Crippen LogP contribution in [0.15, 0.2) is 0 Å². The molecule has 0 aliphatic carbocycles. The molecule has 0 atom stereocenters. The molecule has 1 aliphatic rings. The highest BCUT2D eigenvalue weighted by Gasteiger charge is 2.23. The van der Waals surface area contributed by atoms with E-state index in [1.165, 1.54) is 0 Å². The maximum absolute atomic E-state index is 11.7. The zero-order valence-corrected chi connectivity index (χ0v) is 14.2. The van der Waals surface area contributed by atoms with Crippen molar-refractivity contribution in [3.05, 3.63) is 0 Å². The van der Waals surface area contributed by atoms with Crippen LogP contribution in [0.3, 0.4) is 0 Å². The third-order valence-corrected chi connectivity index (χ3v) is 3.85.